The predicted molar refractivity (Wildman–Crippen MR) is 71.3 cm³/mol. The number of unbranched alkanes of at least 4 members (excludes halogenated alkanes) is 7. The second-order valence-electron chi connectivity index (χ2n) is 4.60. The van der Waals surface area contributed by atoms with Crippen LogP contribution in [0.5, 0.6) is 0 Å². The Hall–Kier alpha value is -0.610. The maximum atomic E-state index is 11.3. The minimum atomic E-state index is -0.102. The number of ether oxygens (including phenoxy) is 1. The Balaban J connectivity index is 3.12. The van der Waals surface area contributed by atoms with Crippen LogP contribution in [-0.4, -0.2) is 36.0 Å². The molecule has 0 bridgehead atoms. The van der Waals surface area contributed by atoms with Crippen LogP contribution in [0.1, 0.15) is 64.2 Å². The average Bonchev–Trinajstić information content (AvgIpc) is 2.37. The van der Waals surface area contributed by atoms with Crippen molar-refractivity contribution in [3.05, 3.63) is 0 Å². The summed E-state index contributed by atoms with van der Waals surface area (Å²) in [7, 11) is 0. The normalized spacial score (nSPS) is 10.6. The molecule has 0 aliphatic carbocycles. The molecular weight excluding hydrogens is 232 g/mol. The van der Waals surface area contributed by atoms with Crippen LogP contribution in [0.2, 0.25) is 0 Å². The maximum absolute atomic E-state index is 11.3. The van der Waals surface area contributed by atoms with Crippen molar-refractivity contribution in [3.63, 3.8) is 0 Å². The van der Waals surface area contributed by atoms with E-state index in [4.69, 9.17) is 14.9 Å². The van der Waals surface area contributed by atoms with Gasteiger partial charge in [0.05, 0.1) is 6.61 Å². The van der Waals surface area contributed by atoms with Gasteiger partial charge in [-0.25, -0.2) is 0 Å². The molecule has 4 heteroatoms. The Bertz CT molecular complexity index is 183. The van der Waals surface area contributed by atoms with E-state index in [-0.39, 0.29) is 19.2 Å². The summed E-state index contributed by atoms with van der Waals surface area (Å²) >= 11 is 0. The lowest BCUT2D eigenvalue weighted by molar-refractivity contribution is -0.143. The number of hydrogen-bond acceptors (Lipinski definition) is 4. The number of aliphatic hydroxyl groups is 2. The first-order valence-corrected chi connectivity index (χ1v) is 7.18. The molecule has 108 valence electrons. The summed E-state index contributed by atoms with van der Waals surface area (Å²) in [5.41, 5.74) is 0. The smallest absolute Gasteiger partial charge is 0.305 e. The molecule has 0 heterocycles. The van der Waals surface area contributed by atoms with Gasteiger partial charge in [-0.2, -0.15) is 0 Å². The van der Waals surface area contributed by atoms with Crippen molar-refractivity contribution >= 4 is 5.97 Å². The highest BCUT2D eigenvalue weighted by atomic mass is 16.5. The quantitative estimate of drug-likeness (QED) is 0.394. The summed E-state index contributed by atoms with van der Waals surface area (Å²) in [6, 6.07) is 0. The van der Waals surface area contributed by atoms with Crippen molar-refractivity contribution in [1.82, 2.24) is 0 Å². The van der Waals surface area contributed by atoms with Crippen LogP contribution in [0.25, 0.3) is 0 Å². The second kappa shape index (κ2) is 14.5. The molecule has 0 radical (unpaired) electrons. The van der Waals surface area contributed by atoms with Crippen LogP contribution in [0.4, 0.5) is 0 Å². The standard InChI is InChI=1S/C14H28O4/c15-11-7-4-2-1-3-6-10-14(17)18-13-9-5-8-12-16/h15-16H,1-13H2. The highest BCUT2D eigenvalue weighted by molar-refractivity contribution is 5.69. The molecule has 0 rings (SSSR count). The number of carbonyl (C=O) groups excluding carboxylic acids is 1. The van der Waals surface area contributed by atoms with Gasteiger partial charge >= 0.3 is 5.97 Å². The number of esters is 1. The van der Waals surface area contributed by atoms with E-state index >= 15 is 0 Å². The van der Waals surface area contributed by atoms with Gasteiger partial charge in [-0.05, 0) is 32.1 Å². The van der Waals surface area contributed by atoms with Crippen molar-refractivity contribution in [2.24, 2.45) is 0 Å². The first-order chi connectivity index (χ1) is 8.81. The minimum absolute atomic E-state index is 0.102. The van der Waals surface area contributed by atoms with Crippen LogP contribution >= 0.6 is 0 Å². The number of aliphatic hydroxyl groups excluding tert-OH is 2. The average molecular weight is 260 g/mol. The summed E-state index contributed by atoms with van der Waals surface area (Å²) < 4.78 is 5.08. The van der Waals surface area contributed by atoms with Gasteiger partial charge in [0.15, 0.2) is 0 Å². The third-order valence-electron chi connectivity index (χ3n) is 2.85. The minimum Gasteiger partial charge on any atom is -0.466 e. The molecule has 0 aromatic heterocycles. The van der Waals surface area contributed by atoms with E-state index in [9.17, 15) is 4.79 Å². The fourth-order valence-electron chi connectivity index (χ4n) is 1.74. The van der Waals surface area contributed by atoms with Crippen LogP contribution < -0.4 is 0 Å². The van der Waals surface area contributed by atoms with Crippen molar-refractivity contribution in [2.45, 2.75) is 64.2 Å². The Morgan fingerprint density at radius 3 is 1.83 bits per heavy atom. The summed E-state index contributed by atoms with van der Waals surface area (Å²) in [5.74, 6) is -0.102. The Morgan fingerprint density at radius 2 is 1.22 bits per heavy atom. The molecule has 0 aliphatic rings. The van der Waals surface area contributed by atoms with Crippen molar-refractivity contribution in [3.8, 4) is 0 Å². The van der Waals surface area contributed by atoms with Gasteiger partial charge in [0.2, 0.25) is 0 Å². The van der Waals surface area contributed by atoms with E-state index in [1.807, 2.05) is 0 Å². The van der Waals surface area contributed by atoms with Gasteiger partial charge in [-0.15, -0.1) is 0 Å². The fraction of sp³-hybridized carbons (Fsp3) is 0.929. The lowest BCUT2D eigenvalue weighted by atomic mass is 10.1. The number of rotatable bonds is 13. The predicted octanol–water partition coefficient (Wildman–Crippen LogP) is 2.42. The van der Waals surface area contributed by atoms with Crippen LogP contribution in [-0.2, 0) is 9.53 Å². The maximum Gasteiger partial charge on any atom is 0.305 e. The van der Waals surface area contributed by atoms with Crippen molar-refractivity contribution in [1.29, 1.82) is 0 Å². The van der Waals surface area contributed by atoms with Gasteiger partial charge in [-0.3, -0.25) is 4.79 Å². The van der Waals surface area contributed by atoms with Gasteiger partial charge in [-0.1, -0.05) is 25.7 Å². The molecule has 0 saturated heterocycles. The van der Waals surface area contributed by atoms with Crippen LogP contribution in [0.15, 0.2) is 0 Å². The third kappa shape index (κ3) is 13.5. The van der Waals surface area contributed by atoms with Crippen LogP contribution in [0, 0.1) is 0 Å². The van der Waals surface area contributed by atoms with E-state index in [1.54, 1.807) is 0 Å². The lowest BCUT2D eigenvalue weighted by Crippen LogP contribution is -2.05. The van der Waals surface area contributed by atoms with Crippen molar-refractivity contribution < 1.29 is 19.7 Å². The summed E-state index contributed by atoms with van der Waals surface area (Å²) in [5, 5.41) is 17.2. The summed E-state index contributed by atoms with van der Waals surface area (Å²) in [6.45, 7) is 0.974. The van der Waals surface area contributed by atoms with Gasteiger partial charge < -0.3 is 14.9 Å². The van der Waals surface area contributed by atoms with Gasteiger partial charge in [0, 0.05) is 19.6 Å². The Morgan fingerprint density at radius 1 is 0.722 bits per heavy atom. The van der Waals surface area contributed by atoms with Crippen LogP contribution in [0.3, 0.4) is 0 Å². The topological polar surface area (TPSA) is 66.8 Å². The summed E-state index contributed by atoms with van der Waals surface area (Å²) in [6.07, 6.45) is 9.23. The second-order valence-corrected chi connectivity index (χ2v) is 4.60. The monoisotopic (exact) mass is 260 g/mol. The highest BCUT2D eigenvalue weighted by Gasteiger charge is 2.02. The Kier molecular flexibility index (Phi) is 14.0. The first-order valence-electron chi connectivity index (χ1n) is 7.18. The molecule has 2 N–H and O–H groups in total. The van der Waals surface area contributed by atoms with Gasteiger partial charge in [0.1, 0.15) is 0 Å². The van der Waals surface area contributed by atoms with E-state index in [0.29, 0.717) is 13.0 Å². The zero-order valence-corrected chi connectivity index (χ0v) is 11.4. The largest absolute Gasteiger partial charge is 0.466 e. The molecule has 0 unspecified atom stereocenters. The zero-order valence-electron chi connectivity index (χ0n) is 11.4. The van der Waals surface area contributed by atoms with E-state index in [1.165, 1.54) is 0 Å². The van der Waals surface area contributed by atoms with Crippen molar-refractivity contribution in [2.75, 3.05) is 19.8 Å². The number of carbonyl (C=O) groups is 1. The van der Waals surface area contributed by atoms with E-state index in [0.717, 1.165) is 57.8 Å². The first kappa shape index (κ1) is 17.4. The highest BCUT2D eigenvalue weighted by Crippen LogP contribution is 2.07. The molecule has 0 saturated carbocycles. The Labute approximate surface area is 110 Å². The molecule has 18 heavy (non-hydrogen) atoms. The van der Waals surface area contributed by atoms with E-state index in [2.05, 4.69) is 0 Å². The molecular formula is C14H28O4. The SMILES string of the molecule is O=C(CCCCCCCCO)OCCCCCO. The zero-order chi connectivity index (χ0) is 13.5. The van der Waals surface area contributed by atoms with Gasteiger partial charge in [0.25, 0.3) is 0 Å². The molecule has 0 aliphatic heterocycles. The molecule has 0 fully saturated rings. The molecule has 0 aromatic rings. The molecule has 0 spiro atoms. The summed E-state index contributed by atoms with van der Waals surface area (Å²) in [4.78, 5) is 11.3. The molecule has 0 aromatic carbocycles. The number of hydrogen-bond donors (Lipinski definition) is 2. The fourth-order valence-corrected chi connectivity index (χ4v) is 1.74. The molecule has 0 amide bonds. The molecule has 4 nitrogen and oxygen atoms in total. The lowest BCUT2D eigenvalue weighted by Gasteiger charge is -2.04. The third-order valence-corrected chi connectivity index (χ3v) is 2.85. The van der Waals surface area contributed by atoms with E-state index < -0.39 is 0 Å². The molecule has 0 atom stereocenters.